The van der Waals surface area contributed by atoms with Gasteiger partial charge in [-0.25, -0.2) is 0 Å². The number of carbonyl (C=O) groups is 2. The summed E-state index contributed by atoms with van der Waals surface area (Å²) in [5, 5.41) is 0. The summed E-state index contributed by atoms with van der Waals surface area (Å²) in [7, 11) is 0. The summed E-state index contributed by atoms with van der Waals surface area (Å²) in [5.41, 5.74) is 7.85. The molecular formula is C21H26N2O4. The number of hydrogen-bond donors (Lipinski definition) is 2. The number of hydrogen-bond acceptors (Lipinski definition) is 4. The minimum atomic E-state index is -0.702. The van der Waals surface area contributed by atoms with E-state index in [0.29, 0.717) is 17.9 Å². The quantitative estimate of drug-likeness (QED) is 0.735. The molecule has 1 unspecified atom stereocenters. The van der Waals surface area contributed by atoms with E-state index in [1.54, 1.807) is 12.1 Å². The maximum Gasteiger partial charge on any atom is 0.279 e. The Bertz CT molecular complexity index is 805. The lowest BCUT2D eigenvalue weighted by molar-refractivity contribution is -0.134. The number of carbonyl (C=O) groups excluding carboxylic acids is 2. The van der Waals surface area contributed by atoms with Crippen LogP contribution in [0, 0.1) is 20.8 Å². The number of hydrazine groups is 1. The summed E-state index contributed by atoms with van der Waals surface area (Å²) in [6.07, 6.45) is -0.235. The molecule has 0 aliphatic carbocycles. The molecule has 2 amide bonds. The first kappa shape index (κ1) is 20.3. The minimum absolute atomic E-state index is 0.194. The number of nitrogens with one attached hydrogen (secondary N) is 2. The van der Waals surface area contributed by atoms with Gasteiger partial charge in [-0.2, -0.15) is 0 Å². The smallest absolute Gasteiger partial charge is 0.279 e. The molecule has 1 atom stereocenters. The third-order valence-corrected chi connectivity index (χ3v) is 4.17. The summed E-state index contributed by atoms with van der Waals surface area (Å²) in [6.45, 7) is 7.50. The predicted octanol–water partition coefficient (Wildman–Crippen LogP) is 3.00. The molecule has 27 heavy (non-hydrogen) atoms. The molecule has 0 heterocycles. The second-order valence-electron chi connectivity index (χ2n) is 6.36. The third kappa shape index (κ3) is 6.02. The number of benzene rings is 2. The van der Waals surface area contributed by atoms with Gasteiger partial charge in [0, 0.05) is 0 Å². The van der Waals surface area contributed by atoms with Gasteiger partial charge in [-0.1, -0.05) is 31.2 Å². The van der Waals surface area contributed by atoms with Crippen molar-refractivity contribution in [2.24, 2.45) is 0 Å². The molecule has 0 saturated heterocycles. The number of ether oxygens (including phenoxy) is 2. The van der Waals surface area contributed by atoms with Gasteiger partial charge >= 0.3 is 0 Å². The van der Waals surface area contributed by atoms with Crippen LogP contribution >= 0.6 is 0 Å². The monoisotopic (exact) mass is 370 g/mol. The Labute approximate surface area is 159 Å². The van der Waals surface area contributed by atoms with Gasteiger partial charge in [-0.05, 0) is 62.1 Å². The molecule has 0 bridgehead atoms. The highest BCUT2D eigenvalue weighted by Gasteiger charge is 2.19. The van der Waals surface area contributed by atoms with Gasteiger partial charge in [0.2, 0.25) is 0 Å². The van der Waals surface area contributed by atoms with E-state index >= 15 is 0 Å². The van der Waals surface area contributed by atoms with Gasteiger partial charge < -0.3 is 9.47 Å². The lowest BCUT2D eigenvalue weighted by Gasteiger charge is -2.18. The van der Waals surface area contributed by atoms with E-state index in [0.717, 1.165) is 16.7 Å². The van der Waals surface area contributed by atoms with Gasteiger partial charge in [0.25, 0.3) is 11.8 Å². The largest absolute Gasteiger partial charge is 0.483 e. The van der Waals surface area contributed by atoms with Crippen LogP contribution in [0.3, 0.4) is 0 Å². The van der Waals surface area contributed by atoms with E-state index in [2.05, 4.69) is 10.9 Å². The lowest BCUT2D eigenvalue weighted by Crippen LogP contribution is -2.49. The maximum absolute atomic E-state index is 12.2. The normalized spacial score (nSPS) is 11.4. The molecule has 0 aliphatic heterocycles. The van der Waals surface area contributed by atoms with Crippen molar-refractivity contribution >= 4 is 11.8 Å². The second-order valence-corrected chi connectivity index (χ2v) is 6.36. The molecule has 0 aromatic heterocycles. The summed E-state index contributed by atoms with van der Waals surface area (Å²) < 4.78 is 11.2. The molecule has 2 rings (SSSR count). The lowest BCUT2D eigenvalue weighted by atomic mass is 10.1. The first-order valence-corrected chi connectivity index (χ1v) is 8.91. The summed E-state index contributed by atoms with van der Waals surface area (Å²) in [5.74, 6) is 0.390. The minimum Gasteiger partial charge on any atom is -0.483 e. The van der Waals surface area contributed by atoms with Crippen LogP contribution in [0.25, 0.3) is 0 Å². The van der Waals surface area contributed by atoms with E-state index in [1.807, 2.05) is 58.0 Å². The van der Waals surface area contributed by atoms with Crippen molar-refractivity contribution in [1.29, 1.82) is 0 Å². The van der Waals surface area contributed by atoms with Crippen LogP contribution in [0.15, 0.2) is 42.5 Å². The van der Waals surface area contributed by atoms with Crippen molar-refractivity contribution < 1.29 is 19.1 Å². The van der Waals surface area contributed by atoms with Crippen LogP contribution in [0.4, 0.5) is 0 Å². The molecule has 0 saturated carbocycles. The van der Waals surface area contributed by atoms with E-state index < -0.39 is 17.9 Å². The summed E-state index contributed by atoms with van der Waals surface area (Å²) in [4.78, 5) is 24.2. The van der Waals surface area contributed by atoms with Crippen molar-refractivity contribution in [1.82, 2.24) is 10.9 Å². The first-order chi connectivity index (χ1) is 12.9. The highest BCUT2D eigenvalue weighted by molar-refractivity contribution is 5.85. The highest BCUT2D eigenvalue weighted by Crippen LogP contribution is 2.20. The number of amides is 2. The average molecular weight is 370 g/mol. The predicted molar refractivity (Wildman–Crippen MR) is 104 cm³/mol. The Kier molecular flexibility index (Phi) is 7.23. The van der Waals surface area contributed by atoms with Crippen LogP contribution < -0.4 is 20.3 Å². The fourth-order valence-corrected chi connectivity index (χ4v) is 2.45. The number of rotatable bonds is 7. The zero-order valence-corrected chi connectivity index (χ0v) is 16.2. The number of aryl methyl sites for hydroxylation is 2. The van der Waals surface area contributed by atoms with Gasteiger partial charge in [0.05, 0.1) is 0 Å². The van der Waals surface area contributed by atoms with E-state index in [1.165, 1.54) is 0 Å². The van der Waals surface area contributed by atoms with Crippen LogP contribution in [0.5, 0.6) is 11.5 Å². The van der Waals surface area contributed by atoms with Crippen molar-refractivity contribution in [3.05, 3.63) is 59.2 Å². The molecular weight excluding hydrogens is 344 g/mol. The van der Waals surface area contributed by atoms with Gasteiger partial charge in [-0.15, -0.1) is 0 Å². The van der Waals surface area contributed by atoms with Crippen LogP contribution in [0.2, 0.25) is 0 Å². The molecule has 0 aliphatic rings. The van der Waals surface area contributed by atoms with Gasteiger partial charge in [0.1, 0.15) is 11.5 Å². The molecule has 144 valence electrons. The van der Waals surface area contributed by atoms with Gasteiger partial charge in [-0.3, -0.25) is 20.4 Å². The molecule has 2 aromatic carbocycles. The molecule has 6 nitrogen and oxygen atoms in total. The zero-order valence-electron chi connectivity index (χ0n) is 16.2. The van der Waals surface area contributed by atoms with Crippen LogP contribution in [-0.4, -0.2) is 24.5 Å². The van der Waals surface area contributed by atoms with Crippen LogP contribution in [0.1, 0.15) is 30.0 Å². The Morgan fingerprint density at radius 2 is 1.78 bits per heavy atom. The second kappa shape index (κ2) is 9.62. The Morgan fingerprint density at radius 1 is 1.04 bits per heavy atom. The van der Waals surface area contributed by atoms with Crippen molar-refractivity contribution in [2.45, 2.75) is 40.2 Å². The maximum atomic E-state index is 12.2. The summed E-state index contributed by atoms with van der Waals surface area (Å²) >= 11 is 0. The van der Waals surface area contributed by atoms with E-state index in [4.69, 9.17) is 9.47 Å². The molecule has 0 fully saturated rings. The fourth-order valence-electron chi connectivity index (χ4n) is 2.45. The van der Waals surface area contributed by atoms with Crippen molar-refractivity contribution in [2.75, 3.05) is 6.61 Å². The molecule has 6 heteroatoms. The van der Waals surface area contributed by atoms with E-state index in [-0.39, 0.29) is 6.61 Å². The fraction of sp³-hybridized carbons (Fsp3) is 0.333. The molecule has 0 radical (unpaired) electrons. The SMILES string of the molecule is CCC(Oc1cccc(C)c1)C(=O)NNC(=O)COc1cccc(C)c1C. The standard InChI is InChI=1S/C21H26N2O4/c1-5-18(27-17-10-6-8-14(2)12-17)21(25)23-22-20(24)13-26-19-11-7-9-15(3)16(19)4/h6-12,18H,5,13H2,1-4H3,(H,22,24)(H,23,25). The Hall–Kier alpha value is -3.02. The highest BCUT2D eigenvalue weighted by atomic mass is 16.5. The van der Waals surface area contributed by atoms with Gasteiger partial charge in [0.15, 0.2) is 12.7 Å². The topological polar surface area (TPSA) is 76.7 Å². The average Bonchev–Trinajstić information content (AvgIpc) is 2.65. The third-order valence-electron chi connectivity index (χ3n) is 4.17. The zero-order chi connectivity index (χ0) is 19.8. The molecule has 2 N–H and O–H groups in total. The van der Waals surface area contributed by atoms with Crippen molar-refractivity contribution in [3.8, 4) is 11.5 Å². The summed E-state index contributed by atoms with van der Waals surface area (Å²) in [6, 6.07) is 13.1. The molecule has 0 spiro atoms. The first-order valence-electron chi connectivity index (χ1n) is 8.91. The Balaban J connectivity index is 1.82. The van der Waals surface area contributed by atoms with Crippen molar-refractivity contribution in [3.63, 3.8) is 0 Å². The Morgan fingerprint density at radius 3 is 2.48 bits per heavy atom. The molecule has 2 aromatic rings. The van der Waals surface area contributed by atoms with Crippen LogP contribution in [-0.2, 0) is 9.59 Å². The van der Waals surface area contributed by atoms with E-state index in [9.17, 15) is 9.59 Å².